The Morgan fingerprint density at radius 2 is 2.20 bits per heavy atom. The summed E-state index contributed by atoms with van der Waals surface area (Å²) >= 11 is 5.60. The average molecular weight is 380 g/mol. The Labute approximate surface area is 111 Å². The van der Waals surface area contributed by atoms with Gasteiger partial charge in [-0.2, -0.15) is 0 Å². The summed E-state index contributed by atoms with van der Waals surface area (Å²) in [5.74, 6) is 0.812. The molecule has 80 valence electrons. The monoisotopic (exact) mass is 379 g/mol. The molecule has 2 rings (SSSR count). The van der Waals surface area contributed by atoms with Crippen molar-refractivity contribution in [2.45, 2.75) is 6.92 Å². The molecular formula is C11H11BrINO. The Balaban J connectivity index is 2.19. The maximum absolute atomic E-state index is 12.0. The standard InChI is InChI=1S/C11H11BrINO/c1-7-5-14(6-7)11(15)9-3-2-8(12)4-10(9)13/h2-4,7H,5-6H2,1H3. The number of amides is 1. The summed E-state index contributed by atoms with van der Waals surface area (Å²) in [6, 6.07) is 5.77. The molecule has 1 fully saturated rings. The third kappa shape index (κ3) is 2.36. The van der Waals surface area contributed by atoms with Gasteiger partial charge in [0.2, 0.25) is 0 Å². The van der Waals surface area contributed by atoms with Crippen molar-refractivity contribution >= 4 is 44.4 Å². The van der Waals surface area contributed by atoms with Crippen molar-refractivity contribution in [3.05, 3.63) is 31.8 Å². The largest absolute Gasteiger partial charge is 0.338 e. The summed E-state index contributed by atoms with van der Waals surface area (Å²) < 4.78 is 2.02. The highest BCUT2D eigenvalue weighted by molar-refractivity contribution is 14.1. The summed E-state index contributed by atoms with van der Waals surface area (Å²) in [4.78, 5) is 13.9. The number of nitrogens with zero attached hydrogens (tertiary/aromatic N) is 1. The van der Waals surface area contributed by atoms with Gasteiger partial charge in [-0.25, -0.2) is 0 Å². The molecule has 2 nitrogen and oxygen atoms in total. The minimum atomic E-state index is 0.157. The molecule has 15 heavy (non-hydrogen) atoms. The molecule has 0 radical (unpaired) electrons. The molecule has 0 aromatic heterocycles. The summed E-state index contributed by atoms with van der Waals surface area (Å²) in [5.41, 5.74) is 0.811. The second-order valence-corrected chi connectivity index (χ2v) is 6.02. The van der Waals surface area contributed by atoms with Crippen molar-refractivity contribution in [1.82, 2.24) is 4.90 Å². The number of hydrogen-bond donors (Lipinski definition) is 0. The van der Waals surface area contributed by atoms with Gasteiger partial charge >= 0.3 is 0 Å². The van der Waals surface area contributed by atoms with Gasteiger partial charge in [0.1, 0.15) is 0 Å². The normalized spacial score (nSPS) is 16.3. The molecule has 0 N–H and O–H groups in total. The summed E-state index contributed by atoms with van der Waals surface area (Å²) in [6.45, 7) is 3.95. The van der Waals surface area contributed by atoms with E-state index < -0.39 is 0 Å². The molecule has 0 aliphatic carbocycles. The van der Waals surface area contributed by atoms with Gasteiger partial charge in [-0.05, 0) is 46.7 Å². The van der Waals surface area contributed by atoms with Crippen LogP contribution < -0.4 is 0 Å². The quantitative estimate of drug-likeness (QED) is 0.686. The fourth-order valence-corrected chi connectivity index (χ4v) is 3.23. The van der Waals surface area contributed by atoms with Crippen molar-refractivity contribution in [3.63, 3.8) is 0 Å². The van der Waals surface area contributed by atoms with Crippen LogP contribution in [0.15, 0.2) is 22.7 Å². The lowest BCUT2D eigenvalue weighted by Crippen LogP contribution is -2.48. The highest BCUT2D eigenvalue weighted by Crippen LogP contribution is 2.23. The Morgan fingerprint density at radius 3 is 2.73 bits per heavy atom. The zero-order valence-electron chi connectivity index (χ0n) is 8.34. The third-order valence-electron chi connectivity index (χ3n) is 2.51. The van der Waals surface area contributed by atoms with Gasteiger partial charge in [0, 0.05) is 21.1 Å². The summed E-state index contributed by atoms with van der Waals surface area (Å²) in [5, 5.41) is 0. The van der Waals surface area contributed by atoms with Gasteiger partial charge in [-0.1, -0.05) is 22.9 Å². The van der Waals surface area contributed by atoms with Crippen LogP contribution >= 0.6 is 38.5 Å². The molecule has 4 heteroatoms. The SMILES string of the molecule is CC1CN(C(=O)c2ccc(Br)cc2I)C1. The fourth-order valence-electron chi connectivity index (χ4n) is 1.70. The molecule has 1 aliphatic rings. The summed E-state index contributed by atoms with van der Waals surface area (Å²) in [7, 11) is 0. The van der Waals surface area contributed by atoms with E-state index in [-0.39, 0.29) is 5.91 Å². The lowest BCUT2D eigenvalue weighted by Gasteiger charge is -2.37. The van der Waals surface area contributed by atoms with Crippen molar-refractivity contribution in [1.29, 1.82) is 0 Å². The lowest BCUT2D eigenvalue weighted by atomic mass is 10.0. The number of hydrogen-bond acceptors (Lipinski definition) is 1. The van der Waals surface area contributed by atoms with Gasteiger partial charge in [-0.3, -0.25) is 4.79 Å². The second-order valence-electron chi connectivity index (χ2n) is 3.94. The second kappa shape index (κ2) is 4.41. The van der Waals surface area contributed by atoms with Crippen molar-refractivity contribution in [2.24, 2.45) is 5.92 Å². The number of rotatable bonds is 1. The molecule has 0 atom stereocenters. The number of likely N-dealkylation sites (tertiary alicyclic amines) is 1. The first-order valence-electron chi connectivity index (χ1n) is 4.82. The minimum Gasteiger partial charge on any atom is -0.338 e. The van der Waals surface area contributed by atoms with Gasteiger partial charge < -0.3 is 4.90 Å². The maximum atomic E-state index is 12.0. The van der Waals surface area contributed by atoms with Gasteiger partial charge in [0.15, 0.2) is 0 Å². The Morgan fingerprint density at radius 1 is 1.53 bits per heavy atom. The van der Waals surface area contributed by atoms with Crippen LogP contribution in [0, 0.1) is 9.49 Å². The van der Waals surface area contributed by atoms with E-state index in [0.717, 1.165) is 26.7 Å². The predicted molar refractivity (Wildman–Crippen MR) is 71.9 cm³/mol. The van der Waals surface area contributed by atoms with E-state index in [9.17, 15) is 4.79 Å². The lowest BCUT2D eigenvalue weighted by molar-refractivity contribution is 0.0529. The van der Waals surface area contributed by atoms with Crippen LogP contribution in [0.3, 0.4) is 0 Å². The first-order valence-corrected chi connectivity index (χ1v) is 6.69. The average Bonchev–Trinajstić information content (AvgIpc) is 2.12. The first-order chi connectivity index (χ1) is 7.08. The van der Waals surface area contributed by atoms with E-state index in [1.807, 2.05) is 23.1 Å². The van der Waals surface area contributed by atoms with Crippen LogP contribution in [0.25, 0.3) is 0 Å². The number of benzene rings is 1. The molecule has 1 heterocycles. The van der Waals surface area contributed by atoms with Crippen molar-refractivity contribution in [2.75, 3.05) is 13.1 Å². The van der Waals surface area contributed by atoms with Gasteiger partial charge in [0.25, 0.3) is 5.91 Å². The highest BCUT2D eigenvalue weighted by Gasteiger charge is 2.28. The van der Waals surface area contributed by atoms with Crippen LogP contribution in [-0.2, 0) is 0 Å². The molecule has 1 aromatic carbocycles. The van der Waals surface area contributed by atoms with Gasteiger partial charge in [-0.15, -0.1) is 0 Å². The summed E-state index contributed by atoms with van der Waals surface area (Å²) in [6.07, 6.45) is 0. The number of carbonyl (C=O) groups is 1. The number of carbonyl (C=O) groups excluding carboxylic acids is 1. The fraction of sp³-hybridized carbons (Fsp3) is 0.364. The van der Waals surface area contributed by atoms with Crippen LogP contribution in [0.5, 0.6) is 0 Å². The molecule has 1 saturated heterocycles. The smallest absolute Gasteiger partial charge is 0.254 e. The molecular weight excluding hydrogens is 369 g/mol. The zero-order valence-corrected chi connectivity index (χ0v) is 12.1. The molecule has 1 aromatic rings. The Kier molecular flexibility index (Phi) is 3.35. The van der Waals surface area contributed by atoms with E-state index >= 15 is 0 Å². The van der Waals surface area contributed by atoms with E-state index in [2.05, 4.69) is 45.4 Å². The third-order valence-corrected chi connectivity index (χ3v) is 3.90. The van der Waals surface area contributed by atoms with E-state index in [4.69, 9.17) is 0 Å². The van der Waals surface area contributed by atoms with E-state index in [1.54, 1.807) is 0 Å². The maximum Gasteiger partial charge on any atom is 0.254 e. The number of halogens is 2. The van der Waals surface area contributed by atoms with Crippen molar-refractivity contribution < 1.29 is 4.79 Å². The molecule has 0 saturated carbocycles. The molecule has 0 spiro atoms. The van der Waals surface area contributed by atoms with Crippen LogP contribution in [-0.4, -0.2) is 23.9 Å². The predicted octanol–water partition coefficient (Wildman–Crippen LogP) is 3.15. The molecule has 1 aliphatic heterocycles. The molecule has 0 unspecified atom stereocenters. The topological polar surface area (TPSA) is 20.3 Å². The van der Waals surface area contributed by atoms with Crippen LogP contribution in [0.2, 0.25) is 0 Å². The van der Waals surface area contributed by atoms with Crippen molar-refractivity contribution in [3.8, 4) is 0 Å². The Hall–Kier alpha value is -0.100. The molecule has 0 bridgehead atoms. The van der Waals surface area contributed by atoms with Gasteiger partial charge in [0.05, 0.1) is 5.56 Å². The Bertz CT molecular complexity index is 402. The van der Waals surface area contributed by atoms with Crippen LogP contribution in [0.1, 0.15) is 17.3 Å². The van der Waals surface area contributed by atoms with E-state index in [1.165, 1.54) is 0 Å². The van der Waals surface area contributed by atoms with E-state index in [0.29, 0.717) is 5.92 Å². The highest BCUT2D eigenvalue weighted by atomic mass is 127. The molecule has 1 amide bonds. The first kappa shape index (κ1) is 11.4. The zero-order chi connectivity index (χ0) is 11.0. The minimum absolute atomic E-state index is 0.157. The van der Waals surface area contributed by atoms with Crippen LogP contribution in [0.4, 0.5) is 0 Å².